The van der Waals surface area contributed by atoms with Gasteiger partial charge in [-0.2, -0.15) is 0 Å². The number of nitrogens with one attached hydrogen (secondary N) is 1. The molecule has 1 aromatic carbocycles. The number of nitrogens with zero attached hydrogens (tertiary/aromatic N) is 1. The first-order valence-corrected chi connectivity index (χ1v) is 9.35. The molecule has 0 aliphatic carbocycles. The molecule has 3 aliphatic heterocycles. The zero-order valence-electron chi connectivity index (χ0n) is 15.1. The van der Waals surface area contributed by atoms with Gasteiger partial charge in [0.1, 0.15) is 5.75 Å². The Hall–Kier alpha value is -1.59. The summed E-state index contributed by atoms with van der Waals surface area (Å²) < 4.78 is 11.2. The molecule has 1 N–H and O–H groups in total. The fourth-order valence-corrected chi connectivity index (χ4v) is 4.72. The van der Waals surface area contributed by atoms with Gasteiger partial charge < -0.3 is 19.7 Å². The van der Waals surface area contributed by atoms with Crippen molar-refractivity contribution in [1.82, 2.24) is 10.2 Å². The summed E-state index contributed by atoms with van der Waals surface area (Å²) in [6, 6.07) is 8.46. The number of piperidine rings is 1. The fraction of sp³-hybridized carbons (Fsp3) is 0.650. The van der Waals surface area contributed by atoms with Crippen LogP contribution in [0, 0.1) is 5.41 Å². The maximum Gasteiger partial charge on any atom is 0.220 e. The Labute approximate surface area is 149 Å². The van der Waals surface area contributed by atoms with Gasteiger partial charge in [-0.05, 0) is 55.5 Å². The minimum absolute atomic E-state index is 0.0583. The zero-order valence-corrected chi connectivity index (χ0v) is 15.1. The molecule has 136 valence electrons. The lowest BCUT2D eigenvalue weighted by molar-refractivity contribution is -0.119. The molecule has 25 heavy (non-hydrogen) atoms. The number of ether oxygens (including phenoxy) is 2. The lowest BCUT2D eigenvalue weighted by Gasteiger charge is -2.42. The van der Waals surface area contributed by atoms with Crippen LogP contribution in [-0.4, -0.2) is 57.3 Å². The summed E-state index contributed by atoms with van der Waals surface area (Å²) >= 11 is 0. The maximum absolute atomic E-state index is 11.6. The zero-order chi connectivity index (χ0) is 17.3. The number of hydrogen-bond donors (Lipinski definition) is 1. The number of amides is 1. The Kier molecular flexibility index (Phi) is 4.46. The number of hydrogen-bond acceptors (Lipinski definition) is 4. The van der Waals surface area contributed by atoms with E-state index >= 15 is 0 Å². The molecular formula is C20H28N2O3. The van der Waals surface area contributed by atoms with E-state index in [1.54, 1.807) is 7.11 Å². The molecule has 3 heterocycles. The van der Waals surface area contributed by atoms with Gasteiger partial charge in [0.15, 0.2) is 0 Å². The third-order valence-electron chi connectivity index (χ3n) is 6.42. The van der Waals surface area contributed by atoms with Crippen LogP contribution in [0.4, 0.5) is 0 Å². The van der Waals surface area contributed by atoms with Crippen molar-refractivity contribution in [3.63, 3.8) is 0 Å². The van der Waals surface area contributed by atoms with E-state index < -0.39 is 0 Å². The second-order valence-corrected chi connectivity index (χ2v) is 8.04. The van der Waals surface area contributed by atoms with Crippen molar-refractivity contribution in [3.8, 4) is 5.75 Å². The van der Waals surface area contributed by atoms with Gasteiger partial charge in [-0.1, -0.05) is 12.1 Å². The third kappa shape index (κ3) is 3.27. The van der Waals surface area contributed by atoms with Gasteiger partial charge in [-0.25, -0.2) is 0 Å². The number of likely N-dealkylation sites (tertiary alicyclic amines) is 1. The molecule has 5 nitrogen and oxygen atoms in total. The predicted octanol–water partition coefficient (Wildman–Crippen LogP) is 1.96. The van der Waals surface area contributed by atoms with Crippen molar-refractivity contribution in [3.05, 3.63) is 29.8 Å². The molecule has 1 spiro atoms. The van der Waals surface area contributed by atoms with Crippen LogP contribution in [0.15, 0.2) is 24.3 Å². The second-order valence-electron chi connectivity index (χ2n) is 8.04. The summed E-state index contributed by atoms with van der Waals surface area (Å²) in [6.45, 7) is 5.64. The van der Waals surface area contributed by atoms with Crippen molar-refractivity contribution < 1.29 is 14.3 Å². The largest absolute Gasteiger partial charge is 0.497 e. The summed E-state index contributed by atoms with van der Waals surface area (Å²) in [5.74, 6) is 1.14. The van der Waals surface area contributed by atoms with Crippen LogP contribution < -0.4 is 10.1 Å². The minimum Gasteiger partial charge on any atom is -0.497 e. The smallest absolute Gasteiger partial charge is 0.220 e. The van der Waals surface area contributed by atoms with Gasteiger partial charge in [-0.15, -0.1) is 0 Å². The molecule has 0 radical (unpaired) electrons. The molecule has 3 aliphatic rings. The number of carbonyl (C=O) groups excluding carboxylic acids is 1. The van der Waals surface area contributed by atoms with Crippen molar-refractivity contribution in [2.24, 2.45) is 5.41 Å². The molecule has 1 atom stereocenters. The quantitative estimate of drug-likeness (QED) is 0.907. The highest BCUT2D eigenvalue weighted by Crippen LogP contribution is 2.40. The topological polar surface area (TPSA) is 50.8 Å². The number of rotatable bonds is 4. The Morgan fingerprint density at radius 3 is 2.76 bits per heavy atom. The molecule has 1 amide bonds. The van der Waals surface area contributed by atoms with Crippen molar-refractivity contribution >= 4 is 5.91 Å². The Bertz CT molecular complexity index is 632. The van der Waals surface area contributed by atoms with Gasteiger partial charge in [0.2, 0.25) is 5.91 Å². The molecule has 3 saturated heterocycles. The highest BCUT2D eigenvalue weighted by Gasteiger charge is 2.44. The Morgan fingerprint density at radius 2 is 2.12 bits per heavy atom. The molecule has 0 aromatic heterocycles. The van der Waals surface area contributed by atoms with Crippen molar-refractivity contribution in [2.45, 2.75) is 31.1 Å². The first-order chi connectivity index (χ1) is 12.1. The highest BCUT2D eigenvalue weighted by molar-refractivity contribution is 5.79. The average Bonchev–Trinajstić information content (AvgIpc) is 3.25. The molecule has 3 fully saturated rings. The molecule has 5 heteroatoms. The second kappa shape index (κ2) is 6.61. The van der Waals surface area contributed by atoms with E-state index in [4.69, 9.17) is 9.47 Å². The van der Waals surface area contributed by atoms with Crippen LogP contribution in [0.25, 0.3) is 0 Å². The average molecular weight is 344 g/mol. The van der Waals surface area contributed by atoms with Gasteiger partial charge in [0, 0.05) is 31.5 Å². The van der Waals surface area contributed by atoms with E-state index in [0.29, 0.717) is 6.42 Å². The molecule has 1 aromatic rings. The first-order valence-electron chi connectivity index (χ1n) is 9.35. The van der Waals surface area contributed by atoms with E-state index in [2.05, 4.69) is 28.4 Å². The van der Waals surface area contributed by atoms with Gasteiger partial charge >= 0.3 is 0 Å². The van der Waals surface area contributed by atoms with E-state index in [1.165, 1.54) is 5.56 Å². The standard InChI is InChI=1S/C20H28N2O3/c1-24-17-4-2-3-16(11-17)20(7-10-25-15-20)14-22-8-5-19(6-9-22)12-18(23)21-13-19/h2-4,11H,5-10,12-15H2,1H3,(H,21,23). The van der Waals surface area contributed by atoms with Crippen molar-refractivity contribution in [2.75, 3.05) is 46.5 Å². The lowest BCUT2D eigenvalue weighted by Crippen LogP contribution is -2.47. The summed E-state index contributed by atoms with van der Waals surface area (Å²) in [4.78, 5) is 14.2. The summed E-state index contributed by atoms with van der Waals surface area (Å²) in [5, 5.41) is 3.02. The fourth-order valence-electron chi connectivity index (χ4n) is 4.72. The Morgan fingerprint density at radius 1 is 1.28 bits per heavy atom. The van der Waals surface area contributed by atoms with Crippen LogP contribution in [0.1, 0.15) is 31.2 Å². The maximum atomic E-state index is 11.6. The molecule has 0 saturated carbocycles. The number of carbonyl (C=O) groups is 1. The van der Waals surface area contributed by atoms with Crippen LogP contribution in [-0.2, 0) is 14.9 Å². The lowest BCUT2D eigenvalue weighted by atomic mass is 9.75. The summed E-state index contributed by atoms with van der Waals surface area (Å²) in [5.41, 5.74) is 1.59. The van der Waals surface area contributed by atoms with Gasteiger partial charge in [0.05, 0.1) is 13.7 Å². The molecule has 4 rings (SSSR count). The first kappa shape index (κ1) is 16.9. The molecule has 0 bridgehead atoms. The van der Waals surface area contributed by atoms with E-state index in [-0.39, 0.29) is 16.7 Å². The summed E-state index contributed by atoms with van der Waals surface area (Å²) in [6.07, 6.45) is 3.99. The SMILES string of the molecule is COc1cccc(C2(CN3CCC4(CC3)CNC(=O)C4)CCOC2)c1. The van der Waals surface area contributed by atoms with E-state index in [1.807, 2.05) is 6.07 Å². The van der Waals surface area contributed by atoms with Crippen LogP contribution in [0.2, 0.25) is 0 Å². The number of methoxy groups -OCH3 is 1. The van der Waals surface area contributed by atoms with Gasteiger partial charge in [0.25, 0.3) is 0 Å². The van der Waals surface area contributed by atoms with Gasteiger partial charge in [-0.3, -0.25) is 4.79 Å². The van der Waals surface area contributed by atoms with E-state index in [9.17, 15) is 4.79 Å². The monoisotopic (exact) mass is 344 g/mol. The molecule has 1 unspecified atom stereocenters. The third-order valence-corrected chi connectivity index (χ3v) is 6.42. The van der Waals surface area contributed by atoms with Crippen LogP contribution >= 0.6 is 0 Å². The Balaban J connectivity index is 1.47. The van der Waals surface area contributed by atoms with Crippen molar-refractivity contribution in [1.29, 1.82) is 0 Å². The minimum atomic E-state index is 0.0583. The van der Waals surface area contributed by atoms with Crippen LogP contribution in [0.3, 0.4) is 0 Å². The highest BCUT2D eigenvalue weighted by atomic mass is 16.5. The van der Waals surface area contributed by atoms with Crippen LogP contribution in [0.5, 0.6) is 5.75 Å². The molecular weight excluding hydrogens is 316 g/mol. The normalized spacial score (nSPS) is 29.1. The summed E-state index contributed by atoms with van der Waals surface area (Å²) in [7, 11) is 1.72. The number of benzene rings is 1. The predicted molar refractivity (Wildman–Crippen MR) is 95.8 cm³/mol. The van der Waals surface area contributed by atoms with E-state index in [0.717, 1.165) is 64.4 Å².